The number of benzene rings is 2. The first-order valence-corrected chi connectivity index (χ1v) is 10.6. The monoisotopic (exact) mass is 406 g/mol. The van der Waals surface area contributed by atoms with Crippen LogP contribution in [0.25, 0.3) is 0 Å². The fraction of sp³-hybridized carbons (Fsp3) is 0.350. The highest BCUT2D eigenvalue weighted by atomic mass is 35.5. The SMILES string of the molecule is CC(C)N(C)S(=O)(=O)c1ccc(NC(=O)C2(c3cccc(Cl)c3)CC2)cc1. The number of anilines is 1. The number of hydrogen-bond donors (Lipinski definition) is 1. The van der Waals surface area contributed by atoms with Crippen LogP contribution in [0.1, 0.15) is 32.3 Å². The van der Waals surface area contributed by atoms with Gasteiger partial charge < -0.3 is 5.32 Å². The highest BCUT2D eigenvalue weighted by Crippen LogP contribution is 2.49. The van der Waals surface area contributed by atoms with E-state index in [0.717, 1.165) is 18.4 Å². The molecule has 1 N–H and O–H groups in total. The van der Waals surface area contributed by atoms with Gasteiger partial charge in [-0.1, -0.05) is 23.7 Å². The zero-order valence-electron chi connectivity index (χ0n) is 15.6. The van der Waals surface area contributed by atoms with Crippen LogP contribution in [0.2, 0.25) is 5.02 Å². The van der Waals surface area contributed by atoms with E-state index in [1.807, 2.05) is 32.0 Å². The highest BCUT2D eigenvalue weighted by molar-refractivity contribution is 7.89. The number of nitrogens with one attached hydrogen (secondary N) is 1. The van der Waals surface area contributed by atoms with Crippen LogP contribution in [0.4, 0.5) is 5.69 Å². The lowest BCUT2D eigenvalue weighted by Gasteiger charge is -2.21. The number of sulfonamides is 1. The van der Waals surface area contributed by atoms with Crippen molar-refractivity contribution in [3.05, 3.63) is 59.1 Å². The summed E-state index contributed by atoms with van der Waals surface area (Å²) in [4.78, 5) is 13.0. The van der Waals surface area contributed by atoms with E-state index in [4.69, 9.17) is 11.6 Å². The summed E-state index contributed by atoms with van der Waals surface area (Å²) in [5.74, 6) is -0.0975. The zero-order valence-corrected chi connectivity index (χ0v) is 17.1. The van der Waals surface area contributed by atoms with Crippen LogP contribution >= 0.6 is 11.6 Å². The quantitative estimate of drug-likeness (QED) is 0.787. The summed E-state index contributed by atoms with van der Waals surface area (Å²) in [5.41, 5.74) is 0.928. The van der Waals surface area contributed by atoms with Crippen molar-refractivity contribution >= 4 is 33.2 Å². The number of halogens is 1. The average molecular weight is 407 g/mol. The van der Waals surface area contributed by atoms with Crippen LogP contribution in [0, 0.1) is 0 Å². The van der Waals surface area contributed by atoms with Gasteiger partial charge in [0.2, 0.25) is 15.9 Å². The fourth-order valence-electron chi connectivity index (χ4n) is 2.96. The molecule has 0 radical (unpaired) electrons. The minimum Gasteiger partial charge on any atom is -0.325 e. The van der Waals surface area contributed by atoms with Gasteiger partial charge in [0.25, 0.3) is 0 Å². The van der Waals surface area contributed by atoms with Crippen molar-refractivity contribution in [2.45, 2.75) is 43.0 Å². The van der Waals surface area contributed by atoms with Crippen molar-refractivity contribution in [2.24, 2.45) is 0 Å². The van der Waals surface area contributed by atoms with E-state index in [0.29, 0.717) is 10.7 Å². The van der Waals surface area contributed by atoms with Gasteiger partial charge in [0.05, 0.1) is 10.3 Å². The minimum absolute atomic E-state index is 0.0975. The third-order valence-corrected chi connectivity index (χ3v) is 7.36. The van der Waals surface area contributed by atoms with Crippen molar-refractivity contribution in [2.75, 3.05) is 12.4 Å². The lowest BCUT2D eigenvalue weighted by molar-refractivity contribution is -0.118. The Bertz CT molecular complexity index is 951. The Balaban J connectivity index is 1.76. The molecule has 1 aliphatic carbocycles. The van der Waals surface area contributed by atoms with Gasteiger partial charge in [-0.25, -0.2) is 8.42 Å². The van der Waals surface area contributed by atoms with Gasteiger partial charge in [0.15, 0.2) is 0 Å². The topological polar surface area (TPSA) is 66.5 Å². The maximum atomic E-state index is 12.8. The summed E-state index contributed by atoms with van der Waals surface area (Å²) < 4.78 is 26.4. The van der Waals surface area contributed by atoms with Gasteiger partial charge in [-0.2, -0.15) is 4.31 Å². The largest absolute Gasteiger partial charge is 0.325 e. The molecule has 0 spiro atoms. The first kappa shape index (κ1) is 19.9. The standard InChI is InChI=1S/C20H23ClN2O3S/c1-14(2)23(3)27(25,26)18-9-7-17(8-10-18)22-19(24)20(11-12-20)15-5-4-6-16(21)13-15/h4-10,13-14H,11-12H2,1-3H3,(H,22,24). The normalized spacial score (nSPS) is 15.8. The van der Waals surface area contributed by atoms with Gasteiger partial charge in [0, 0.05) is 23.8 Å². The van der Waals surface area contributed by atoms with Crippen molar-refractivity contribution in [1.82, 2.24) is 4.31 Å². The Labute approximate surface area is 165 Å². The van der Waals surface area contributed by atoms with Crippen LogP contribution in [0.3, 0.4) is 0 Å². The Morgan fingerprint density at radius 2 is 1.78 bits per heavy atom. The van der Waals surface area contributed by atoms with Crippen LogP contribution in [-0.2, 0) is 20.2 Å². The molecule has 1 saturated carbocycles. The van der Waals surface area contributed by atoms with Crippen LogP contribution < -0.4 is 5.32 Å². The molecule has 2 aromatic carbocycles. The number of rotatable bonds is 6. The number of carbonyl (C=O) groups is 1. The molecule has 0 atom stereocenters. The molecule has 1 fully saturated rings. The maximum absolute atomic E-state index is 12.8. The smallest absolute Gasteiger partial charge is 0.243 e. The molecule has 0 aliphatic heterocycles. The Morgan fingerprint density at radius 3 is 2.30 bits per heavy atom. The first-order chi connectivity index (χ1) is 12.7. The molecule has 0 heterocycles. The van der Waals surface area contributed by atoms with Crippen molar-refractivity contribution in [3.8, 4) is 0 Å². The number of carbonyl (C=O) groups excluding carboxylic acids is 1. The second-order valence-electron chi connectivity index (χ2n) is 7.19. The van der Waals surface area contributed by atoms with E-state index in [1.54, 1.807) is 25.2 Å². The molecular formula is C20H23ClN2O3S. The fourth-order valence-corrected chi connectivity index (χ4v) is 4.52. The second kappa shape index (κ2) is 7.26. The molecule has 0 unspecified atom stereocenters. The van der Waals surface area contributed by atoms with Gasteiger partial charge >= 0.3 is 0 Å². The summed E-state index contributed by atoms with van der Waals surface area (Å²) in [5, 5.41) is 3.51. The molecule has 2 aromatic rings. The predicted octanol–water partition coefficient (Wildman–Crippen LogP) is 4.04. The van der Waals surface area contributed by atoms with E-state index in [9.17, 15) is 13.2 Å². The lowest BCUT2D eigenvalue weighted by Crippen LogP contribution is -2.33. The van der Waals surface area contributed by atoms with Crippen molar-refractivity contribution < 1.29 is 13.2 Å². The molecular weight excluding hydrogens is 384 g/mol. The molecule has 0 saturated heterocycles. The zero-order chi connectivity index (χ0) is 19.8. The third kappa shape index (κ3) is 3.88. The van der Waals surface area contributed by atoms with E-state index in [1.165, 1.54) is 16.4 Å². The van der Waals surface area contributed by atoms with Crippen LogP contribution in [0.15, 0.2) is 53.4 Å². The van der Waals surface area contributed by atoms with Crippen LogP contribution in [0.5, 0.6) is 0 Å². The Morgan fingerprint density at radius 1 is 1.15 bits per heavy atom. The Kier molecular flexibility index (Phi) is 5.34. The lowest BCUT2D eigenvalue weighted by atomic mass is 9.95. The summed E-state index contributed by atoms with van der Waals surface area (Å²) in [6, 6.07) is 13.5. The molecule has 7 heteroatoms. The number of hydrogen-bond acceptors (Lipinski definition) is 3. The molecule has 0 aromatic heterocycles. The summed E-state index contributed by atoms with van der Waals surface area (Å²) in [7, 11) is -1.99. The van der Waals surface area contributed by atoms with E-state index < -0.39 is 15.4 Å². The molecule has 1 amide bonds. The summed E-state index contributed by atoms with van der Waals surface area (Å²) in [6.07, 6.45) is 1.54. The summed E-state index contributed by atoms with van der Waals surface area (Å²) in [6.45, 7) is 3.63. The average Bonchev–Trinajstić information content (AvgIpc) is 3.43. The molecule has 3 rings (SSSR count). The summed E-state index contributed by atoms with van der Waals surface area (Å²) >= 11 is 6.06. The van der Waals surface area contributed by atoms with E-state index >= 15 is 0 Å². The van der Waals surface area contributed by atoms with Crippen LogP contribution in [-0.4, -0.2) is 31.7 Å². The molecule has 1 aliphatic rings. The second-order valence-corrected chi connectivity index (χ2v) is 9.62. The van der Waals surface area contributed by atoms with E-state index in [-0.39, 0.29) is 16.8 Å². The van der Waals surface area contributed by atoms with Gasteiger partial charge in [-0.05, 0) is 68.7 Å². The minimum atomic E-state index is -3.54. The highest BCUT2D eigenvalue weighted by Gasteiger charge is 2.51. The number of amides is 1. The van der Waals surface area contributed by atoms with Crippen molar-refractivity contribution in [3.63, 3.8) is 0 Å². The third-order valence-electron chi connectivity index (χ3n) is 5.08. The molecule has 5 nitrogen and oxygen atoms in total. The Hall–Kier alpha value is -1.89. The maximum Gasteiger partial charge on any atom is 0.243 e. The van der Waals surface area contributed by atoms with Gasteiger partial charge in [0.1, 0.15) is 0 Å². The first-order valence-electron chi connectivity index (χ1n) is 8.82. The predicted molar refractivity (Wildman–Crippen MR) is 108 cm³/mol. The molecule has 0 bridgehead atoms. The van der Waals surface area contributed by atoms with Crippen molar-refractivity contribution in [1.29, 1.82) is 0 Å². The van der Waals surface area contributed by atoms with E-state index in [2.05, 4.69) is 5.32 Å². The molecule has 144 valence electrons. The number of nitrogens with zero attached hydrogens (tertiary/aromatic N) is 1. The van der Waals surface area contributed by atoms with Gasteiger partial charge in [-0.3, -0.25) is 4.79 Å². The van der Waals surface area contributed by atoms with Gasteiger partial charge in [-0.15, -0.1) is 0 Å². The molecule has 27 heavy (non-hydrogen) atoms.